The van der Waals surface area contributed by atoms with Crippen molar-refractivity contribution in [3.63, 3.8) is 0 Å². The van der Waals surface area contributed by atoms with Crippen LogP contribution in [0.15, 0.2) is 66.7 Å². The number of hydrogen-bond donors (Lipinski definition) is 2. The minimum atomic E-state index is -0.300. The third-order valence-corrected chi connectivity index (χ3v) is 4.66. The molecule has 5 heteroatoms. The Morgan fingerprint density at radius 2 is 1.62 bits per heavy atom. The summed E-state index contributed by atoms with van der Waals surface area (Å²) in [6.07, 6.45) is 0. The number of fused-ring (bicyclic) bond motifs is 3. The third kappa shape index (κ3) is 3.00. The molecule has 4 aromatic rings. The van der Waals surface area contributed by atoms with Crippen molar-refractivity contribution in [3.8, 4) is 0 Å². The Labute approximate surface area is 156 Å². The first kappa shape index (κ1) is 16.5. The second-order valence-electron chi connectivity index (χ2n) is 6.08. The summed E-state index contributed by atoms with van der Waals surface area (Å²) in [5, 5.41) is 8.58. The zero-order chi connectivity index (χ0) is 18.1. The Bertz CT molecular complexity index is 1120. The lowest BCUT2D eigenvalue weighted by Gasteiger charge is -2.09. The standard InChI is InChI=1S/C21H18ClN3O/c1-2-25-19-9-4-3-8-17(19)18-13-16(10-11-20(18)25)24-21(26)23-15-7-5-6-14(22)12-15/h3-13H,2H2,1H3,(H2,23,24,26). The number of halogens is 1. The fourth-order valence-electron chi connectivity index (χ4n) is 3.33. The molecule has 1 aromatic heterocycles. The summed E-state index contributed by atoms with van der Waals surface area (Å²) in [7, 11) is 0. The first-order chi connectivity index (χ1) is 12.7. The topological polar surface area (TPSA) is 46.1 Å². The highest BCUT2D eigenvalue weighted by atomic mass is 35.5. The van der Waals surface area contributed by atoms with Gasteiger partial charge in [-0.05, 0) is 49.4 Å². The number of benzene rings is 3. The van der Waals surface area contributed by atoms with E-state index in [-0.39, 0.29) is 6.03 Å². The third-order valence-electron chi connectivity index (χ3n) is 4.43. The Morgan fingerprint density at radius 3 is 2.38 bits per heavy atom. The molecule has 4 rings (SSSR count). The summed E-state index contributed by atoms with van der Waals surface area (Å²) in [6.45, 7) is 3.03. The second kappa shape index (κ2) is 6.73. The maximum atomic E-state index is 12.3. The fraction of sp³-hybridized carbons (Fsp3) is 0.0952. The lowest BCUT2D eigenvalue weighted by atomic mass is 10.1. The highest BCUT2D eigenvalue weighted by molar-refractivity contribution is 6.30. The average Bonchev–Trinajstić information content (AvgIpc) is 2.95. The molecular formula is C21H18ClN3O. The summed E-state index contributed by atoms with van der Waals surface area (Å²) in [5.74, 6) is 0. The molecule has 0 atom stereocenters. The van der Waals surface area contributed by atoms with Crippen LogP contribution in [0.25, 0.3) is 21.8 Å². The first-order valence-electron chi connectivity index (χ1n) is 8.50. The number of para-hydroxylation sites is 1. The summed E-state index contributed by atoms with van der Waals surface area (Å²) in [6, 6.07) is 21.1. The maximum Gasteiger partial charge on any atom is 0.323 e. The normalized spacial score (nSPS) is 11.0. The lowest BCUT2D eigenvalue weighted by Crippen LogP contribution is -2.19. The van der Waals surface area contributed by atoms with E-state index in [2.05, 4.69) is 34.3 Å². The predicted octanol–water partition coefficient (Wildman–Crippen LogP) is 6.11. The van der Waals surface area contributed by atoms with Gasteiger partial charge in [-0.25, -0.2) is 4.79 Å². The van der Waals surface area contributed by atoms with E-state index in [1.54, 1.807) is 24.3 Å². The van der Waals surface area contributed by atoms with Crippen molar-refractivity contribution in [1.82, 2.24) is 4.57 Å². The highest BCUT2D eigenvalue weighted by Crippen LogP contribution is 2.31. The molecule has 0 spiro atoms. The van der Waals surface area contributed by atoms with Crippen LogP contribution >= 0.6 is 11.6 Å². The predicted molar refractivity (Wildman–Crippen MR) is 109 cm³/mol. The van der Waals surface area contributed by atoms with E-state index in [0.29, 0.717) is 10.7 Å². The average molecular weight is 364 g/mol. The van der Waals surface area contributed by atoms with E-state index in [9.17, 15) is 4.79 Å². The van der Waals surface area contributed by atoms with Crippen LogP contribution in [-0.4, -0.2) is 10.6 Å². The van der Waals surface area contributed by atoms with Gasteiger partial charge in [-0.15, -0.1) is 0 Å². The smallest absolute Gasteiger partial charge is 0.323 e. The van der Waals surface area contributed by atoms with Gasteiger partial charge in [-0.2, -0.15) is 0 Å². The minimum absolute atomic E-state index is 0.300. The Hall–Kier alpha value is -2.98. The van der Waals surface area contributed by atoms with Crippen molar-refractivity contribution in [3.05, 3.63) is 71.8 Å². The van der Waals surface area contributed by atoms with Gasteiger partial charge < -0.3 is 15.2 Å². The number of nitrogens with zero attached hydrogens (tertiary/aromatic N) is 1. The van der Waals surface area contributed by atoms with Crippen molar-refractivity contribution in [1.29, 1.82) is 0 Å². The van der Waals surface area contributed by atoms with Crippen molar-refractivity contribution in [2.75, 3.05) is 10.6 Å². The molecule has 0 aliphatic heterocycles. The highest BCUT2D eigenvalue weighted by Gasteiger charge is 2.11. The zero-order valence-corrected chi connectivity index (χ0v) is 15.0. The van der Waals surface area contributed by atoms with Crippen LogP contribution < -0.4 is 10.6 Å². The molecule has 1 heterocycles. The van der Waals surface area contributed by atoms with Crippen molar-refractivity contribution in [2.45, 2.75) is 13.5 Å². The maximum absolute atomic E-state index is 12.3. The molecule has 0 aliphatic rings. The van der Waals surface area contributed by atoms with Crippen LogP contribution in [0.5, 0.6) is 0 Å². The molecule has 26 heavy (non-hydrogen) atoms. The summed E-state index contributed by atoms with van der Waals surface area (Å²) < 4.78 is 2.28. The van der Waals surface area contributed by atoms with Gasteiger partial charge in [-0.3, -0.25) is 0 Å². The molecule has 130 valence electrons. The Balaban J connectivity index is 1.65. The first-order valence-corrected chi connectivity index (χ1v) is 8.88. The molecule has 2 amide bonds. The molecule has 0 saturated heterocycles. The number of nitrogens with one attached hydrogen (secondary N) is 2. The number of aryl methyl sites for hydroxylation is 1. The van der Waals surface area contributed by atoms with Gasteiger partial charge in [0.2, 0.25) is 0 Å². The van der Waals surface area contributed by atoms with Crippen molar-refractivity contribution in [2.24, 2.45) is 0 Å². The van der Waals surface area contributed by atoms with Crippen LogP contribution in [-0.2, 0) is 6.54 Å². The van der Waals surface area contributed by atoms with Gasteiger partial charge in [0.1, 0.15) is 0 Å². The molecule has 2 N–H and O–H groups in total. The van der Waals surface area contributed by atoms with Crippen LogP contribution in [0.4, 0.5) is 16.2 Å². The molecule has 0 saturated carbocycles. The minimum Gasteiger partial charge on any atom is -0.341 e. The molecule has 4 nitrogen and oxygen atoms in total. The largest absolute Gasteiger partial charge is 0.341 e. The van der Waals surface area contributed by atoms with Crippen LogP contribution in [0, 0.1) is 0 Å². The molecule has 0 unspecified atom stereocenters. The van der Waals surface area contributed by atoms with Gasteiger partial charge in [0.15, 0.2) is 0 Å². The lowest BCUT2D eigenvalue weighted by molar-refractivity contribution is 0.262. The number of urea groups is 1. The van der Waals surface area contributed by atoms with Crippen LogP contribution in [0.3, 0.4) is 0 Å². The van der Waals surface area contributed by atoms with Crippen molar-refractivity contribution >= 4 is 50.8 Å². The van der Waals surface area contributed by atoms with E-state index in [0.717, 1.165) is 23.1 Å². The van der Waals surface area contributed by atoms with Gasteiger partial charge in [-0.1, -0.05) is 35.9 Å². The zero-order valence-electron chi connectivity index (χ0n) is 14.3. The van der Waals surface area contributed by atoms with Crippen molar-refractivity contribution < 1.29 is 4.79 Å². The molecule has 0 bridgehead atoms. The Kier molecular flexibility index (Phi) is 4.27. The molecule has 3 aromatic carbocycles. The molecular weight excluding hydrogens is 346 g/mol. The SMILES string of the molecule is CCn1c2ccccc2c2cc(NC(=O)Nc3cccc(Cl)c3)ccc21. The number of aromatic nitrogens is 1. The number of rotatable bonds is 3. The monoisotopic (exact) mass is 363 g/mol. The van der Waals surface area contributed by atoms with Crippen LogP contribution in [0.1, 0.15) is 6.92 Å². The van der Waals surface area contributed by atoms with Gasteiger partial charge >= 0.3 is 6.03 Å². The summed E-state index contributed by atoms with van der Waals surface area (Å²) >= 11 is 5.95. The quantitative estimate of drug-likeness (QED) is 0.453. The van der Waals surface area contributed by atoms with E-state index >= 15 is 0 Å². The van der Waals surface area contributed by atoms with E-state index < -0.39 is 0 Å². The fourth-order valence-corrected chi connectivity index (χ4v) is 3.52. The van der Waals surface area contributed by atoms with Gasteiger partial charge in [0.05, 0.1) is 0 Å². The number of hydrogen-bond acceptors (Lipinski definition) is 1. The van der Waals surface area contributed by atoms with E-state index in [1.165, 1.54) is 10.9 Å². The number of carbonyl (C=O) groups excluding carboxylic acids is 1. The molecule has 0 radical (unpaired) electrons. The second-order valence-corrected chi connectivity index (χ2v) is 6.52. The Morgan fingerprint density at radius 1 is 0.885 bits per heavy atom. The van der Waals surface area contributed by atoms with Crippen LogP contribution in [0.2, 0.25) is 5.02 Å². The van der Waals surface area contributed by atoms with E-state index in [1.807, 2.05) is 30.3 Å². The molecule has 0 fully saturated rings. The van der Waals surface area contributed by atoms with Gasteiger partial charge in [0.25, 0.3) is 0 Å². The number of anilines is 2. The van der Waals surface area contributed by atoms with Gasteiger partial charge in [0, 0.05) is 44.7 Å². The summed E-state index contributed by atoms with van der Waals surface area (Å²) in [4.78, 5) is 12.3. The number of carbonyl (C=O) groups is 1. The summed E-state index contributed by atoms with van der Waals surface area (Å²) in [5.41, 5.74) is 3.76. The molecule has 0 aliphatic carbocycles. The number of amides is 2. The van der Waals surface area contributed by atoms with E-state index in [4.69, 9.17) is 11.6 Å².